The normalized spacial score (nSPS) is 11.0. The van der Waals surface area contributed by atoms with Crippen LogP contribution in [0.25, 0.3) is 20.8 Å². The second kappa shape index (κ2) is 8.87. The molecule has 3 N–H and O–H groups in total. The van der Waals surface area contributed by atoms with E-state index in [1.54, 1.807) is 6.07 Å². The number of carbonyl (C=O) groups excluding carboxylic acids is 1. The number of carbonyl (C=O) groups is 1. The molecule has 6 heteroatoms. The highest BCUT2D eigenvalue weighted by Crippen LogP contribution is 2.35. The van der Waals surface area contributed by atoms with Crippen molar-refractivity contribution in [3.8, 4) is 10.6 Å². The first kappa shape index (κ1) is 18.5. The van der Waals surface area contributed by atoms with E-state index in [1.165, 1.54) is 23.5 Å². The quantitative estimate of drug-likeness (QED) is 0.551. The van der Waals surface area contributed by atoms with Crippen molar-refractivity contribution in [1.29, 1.82) is 0 Å². The number of thiazole rings is 1. The smallest absolute Gasteiger partial charge is 0.224 e. The molecule has 3 aromatic rings. The van der Waals surface area contributed by atoms with Crippen LogP contribution in [0.15, 0.2) is 42.5 Å². The number of hydrogen-bond acceptors (Lipinski definition) is 4. The average molecular weight is 371 g/mol. The molecule has 0 radical (unpaired) electrons. The Morgan fingerprint density at radius 1 is 1.12 bits per heavy atom. The van der Waals surface area contributed by atoms with E-state index in [9.17, 15) is 9.18 Å². The minimum absolute atomic E-state index is 0.0632. The summed E-state index contributed by atoms with van der Waals surface area (Å²) in [7, 11) is 0. The highest BCUT2D eigenvalue weighted by molar-refractivity contribution is 7.21. The molecule has 0 saturated heterocycles. The van der Waals surface area contributed by atoms with E-state index in [4.69, 9.17) is 5.73 Å². The van der Waals surface area contributed by atoms with Gasteiger partial charge in [0, 0.05) is 12.0 Å². The van der Waals surface area contributed by atoms with Crippen molar-refractivity contribution < 1.29 is 9.18 Å². The van der Waals surface area contributed by atoms with Crippen molar-refractivity contribution in [1.82, 2.24) is 4.98 Å². The molecular weight excluding hydrogens is 349 g/mol. The maximum absolute atomic E-state index is 13.8. The van der Waals surface area contributed by atoms with Gasteiger partial charge < -0.3 is 11.1 Å². The number of fused-ring (bicyclic) bond motifs is 1. The molecule has 1 heterocycles. The number of anilines is 1. The second-order valence-corrected chi connectivity index (χ2v) is 7.21. The molecule has 136 valence electrons. The number of halogens is 1. The predicted octanol–water partition coefficient (Wildman–Crippen LogP) is 4.95. The lowest BCUT2D eigenvalue weighted by Crippen LogP contribution is -2.12. The molecule has 0 saturated carbocycles. The summed E-state index contributed by atoms with van der Waals surface area (Å²) >= 11 is 1.49. The van der Waals surface area contributed by atoms with E-state index in [1.807, 2.05) is 24.3 Å². The lowest BCUT2D eigenvalue weighted by atomic mass is 10.1. The van der Waals surface area contributed by atoms with Crippen LogP contribution in [0.5, 0.6) is 0 Å². The van der Waals surface area contributed by atoms with Crippen LogP contribution in [0, 0.1) is 5.82 Å². The summed E-state index contributed by atoms with van der Waals surface area (Å²) in [6.45, 7) is 0.688. The average Bonchev–Trinajstić information content (AvgIpc) is 3.07. The second-order valence-electron chi connectivity index (χ2n) is 6.18. The Morgan fingerprint density at radius 2 is 1.92 bits per heavy atom. The molecule has 0 bridgehead atoms. The molecule has 0 spiro atoms. The predicted molar refractivity (Wildman–Crippen MR) is 106 cm³/mol. The summed E-state index contributed by atoms with van der Waals surface area (Å²) in [5.74, 6) is -0.411. The van der Waals surface area contributed by atoms with Crippen LogP contribution >= 0.6 is 11.3 Å². The largest absolute Gasteiger partial charge is 0.330 e. The molecule has 4 nitrogen and oxygen atoms in total. The van der Waals surface area contributed by atoms with E-state index in [0.717, 1.165) is 35.9 Å². The highest BCUT2D eigenvalue weighted by Gasteiger charge is 2.14. The van der Waals surface area contributed by atoms with E-state index in [2.05, 4.69) is 10.3 Å². The summed E-state index contributed by atoms with van der Waals surface area (Å²) < 4.78 is 14.8. The van der Waals surface area contributed by atoms with Crippen molar-refractivity contribution in [3.63, 3.8) is 0 Å². The third kappa shape index (κ3) is 4.65. The van der Waals surface area contributed by atoms with Crippen LogP contribution in [-0.2, 0) is 4.79 Å². The van der Waals surface area contributed by atoms with Crippen LogP contribution in [-0.4, -0.2) is 17.4 Å². The van der Waals surface area contributed by atoms with Crippen LogP contribution in [0.3, 0.4) is 0 Å². The Kier molecular flexibility index (Phi) is 6.30. The first-order valence-electron chi connectivity index (χ1n) is 8.83. The molecule has 0 unspecified atom stereocenters. The summed E-state index contributed by atoms with van der Waals surface area (Å²) in [5.41, 5.74) is 7.55. The first-order valence-corrected chi connectivity index (χ1v) is 9.64. The number of amides is 1. The fourth-order valence-corrected chi connectivity index (χ4v) is 3.78. The number of rotatable bonds is 8. The summed E-state index contributed by atoms with van der Waals surface area (Å²) in [6, 6.07) is 12.2. The molecule has 0 aliphatic carbocycles. The fraction of sp³-hybridized carbons (Fsp3) is 0.300. The molecule has 2 aromatic carbocycles. The van der Waals surface area contributed by atoms with Crippen molar-refractivity contribution in [3.05, 3.63) is 48.3 Å². The summed E-state index contributed by atoms with van der Waals surface area (Å²) in [4.78, 5) is 16.8. The molecule has 1 aromatic heterocycles. The van der Waals surface area contributed by atoms with Crippen LogP contribution in [0.4, 0.5) is 10.1 Å². The minimum atomic E-state index is -0.348. The monoisotopic (exact) mass is 371 g/mol. The lowest BCUT2D eigenvalue weighted by molar-refractivity contribution is -0.116. The van der Waals surface area contributed by atoms with Gasteiger partial charge in [-0.25, -0.2) is 9.37 Å². The zero-order chi connectivity index (χ0) is 18.4. The van der Waals surface area contributed by atoms with Gasteiger partial charge in [-0.05, 0) is 49.7 Å². The van der Waals surface area contributed by atoms with Crippen molar-refractivity contribution in [2.75, 3.05) is 11.9 Å². The molecule has 3 rings (SSSR count). The zero-order valence-corrected chi connectivity index (χ0v) is 15.3. The van der Waals surface area contributed by atoms with Crippen LogP contribution in [0.2, 0.25) is 0 Å². The van der Waals surface area contributed by atoms with Crippen molar-refractivity contribution in [2.24, 2.45) is 5.73 Å². The Bertz CT molecular complexity index is 861. The van der Waals surface area contributed by atoms with E-state index in [-0.39, 0.29) is 11.7 Å². The Balaban J connectivity index is 1.75. The van der Waals surface area contributed by atoms with Gasteiger partial charge in [-0.1, -0.05) is 25.0 Å². The molecule has 1 amide bonds. The standard InChI is InChI=1S/C20H22FN3OS/c21-14-10-11-16(23-19(25)9-3-1-2-6-12-22)15(13-14)20-24-17-7-4-5-8-18(17)26-20/h4-5,7-8,10-11,13H,1-3,6,9,12,22H2,(H,23,25). The number of nitrogens with one attached hydrogen (secondary N) is 1. The topological polar surface area (TPSA) is 68.0 Å². The molecule has 0 aliphatic rings. The van der Waals surface area contributed by atoms with Gasteiger partial charge in [0.05, 0.1) is 15.9 Å². The van der Waals surface area contributed by atoms with Gasteiger partial charge in [0.2, 0.25) is 5.91 Å². The zero-order valence-electron chi connectivity index (χ0n) is 14.5. The van der Waals surface area contributed by atoms with Gasteiger partial charge >= 0.3 is 0 Å². The Labute approximate surface area is 156 Å². The number of nitrogens with two attached hydrogens (primary N) is 1. The molecular formula is C20H22FN3OS. The number of benzene rings is 2. The molecule has 0 atom stereocenters. The fourth-order valence-electron chi connectivity index (χ4n) is 2.79. The van der Waals surface area contributed by atoms with Gasteiger partial charge in [-0.15, -0.1) is 11.3 Å². The number of para-hydroxylation sites is 1. The Morgan fingerprint density at radius 3 is 2.73 bits per heavy atom. The van der Waals surface area contributed by atoms with Gasteiger partial charge in [-0.2, -0.15) is 0 Å². The summed E-state index contributed by atoms with van der Waals surface area (Å²) in [6.07, 6.45) is 4.28. The van der Waals surface area contributed by atoms with Crippen LogP contribution < -0.4 is 11.1 Å². The third-order valence-corrected chi connectivity index (χ3v) is 5.21. The SMILES string of the molecule is NCCCCCCC(=O)Nc1ccc(F)cc1-c1nc2ccccc2s1. The number of hydrogen-bond donors (Lipinski definition) is 2. The van der Waals surface area contributed by atoms with Gasteiger partial charge in [0.1, 0.15) is 10.8 Å². The lowest BCUT2D eigenvalue weighted by Gasteiger charge is -2.10. The molecule has 0 aliphatic heterocycles. The Hall–Kier alpha value is -2.31. The van der Waals surface area contributed by atoms with E-state index >= 15 is 0 Å². The maximum Gasteiger partial charge on any atom is 0.224 e. The van der Waals surface area contributed by atoms with Crippen LogP contribution in [0.1, 0.15) is 32.1 Å². The molecule has 26 heavy (non-hydrogen) atoms. The van der Waals surface area contributed by atoms with Crippen molar-refractivity contribution >= 4 is 33.1 Å². The van der Waals surface area contributed by atoms with Crippen molar-refractivity contribution in [2.45, 2.75) is 32.1 Å². The first-order chi connectivity index (χ1) is 12.7. The summed E-state index contributed by atoms with van der Waals surface area (Å²) in [5, 5.41) is 3.61. The maximum atomic E-state index is 13.8. The van der Waals surface area contributed by atoms with E-state index in [0.29, 0.717) is 29.2 Å². The highest BCUT2D eigenvalue weighted by atomic mass is 32.1. The molecule has 0 fully saturated rings. The minimum Gasteiger partial charge on any atom is -0.330 e. The third-order valence-electron chi connectivity index (χ3n) is 4.14. The van der Waals surface area contributed by atoms with Gasteiger partial charge in [-0.3, -0.25) is 4.79 Å². The van der Waals surface area contributed by atoms with Gasteiger partial charge in [0.15, 0.2) is 0 Å². The van der Waals surface area contributed by atoms with Gasteiger partial charge in [0.25, 0.3) is 0 Å². The number of nitrogens with zero attached hydrogens (tertiary/aromatic N) is 1. The number of aromatic nitrogens is 1. The number of unbranched alkanes of at least 4 members (excludes halogenated alkanes) is 3. The van der Waals surface area contributed by atoms with E-state index < -0.39 is 0 Å².